The molecule has 0 amide bonds. The summed E-state index contributed by atoms with van der Waals surface area (Å²) in [5, 5.41) is 11.7. The lowest BCUT2D eigenvalue weighted by Gasteiger charge is -2.04. The predicted octanol–water partition coefficient (Wildman–Crippen LogP) is 0.0115. The highest BCUT2D eigenvalue weighted by molar-refractivity contribution is 4.46. The highest BCUT2D eigenvalue weighted by Gasteiger charge is 1.89. The van der Waals surface area contributed by atoms with Crippen LogP contribution in [0.15, 0.2) is 0 Å². The van der Waals surface area contributed by atoms with Crippen LogP contribution in [0.1, 0.15) is 12.8 Å². The van der Waals surface area contributed by atoms with Crippen LogP contribution in [-0.2, 0) is 9.47 Å². The van der Waals surface area contributed by atoms with E-state index in [0.717, 1.165) is 32.5 Å². The van der Waals surface area contributed by atoms with Gasteiger partial charge in [0.2, 0.25) is 0 Å². The summed E-state index contributed by atoms with van der Waals surface area (Å²) >= 11 is 0. The standard InChI is InChI=1S/C9H21NO3/c1-12-8-9-13-7-3-5-10-4-2-6-11/h10-11H,2-9H2,1H3. The zero-order valence-corrected chi connectivity index (χ0v) is 8.42. The van der Waals surface area contributed by atoms with Crippen molar-refractivity contribution in [3.63, 3.8) is 0 Å². The van der Waals surface area contributed by atoms with E-state index in [2.05, 4.69) is 5.32 Å². The Balaban J connectivity index is 2.76. The van der Waals surface area contributed by atoms with Crippen molar-refractivity contribution in [1.29, 1.82) is 0 Å². The van der Waals surface area contributed by atoms with Crippen LogP contribution in [0, 0.1) is 0 Å². The molecule has 0 aromatic rings. The lowest BCUT2D eigenvalue weighted by atomic mass is 10.4. The van der Waals surface area contributed by atoms with E-state index in [1.165, 1.54) is 0 Å². The van der Waals surface area contributed by atoms with Crippen LogP contribution in [0.25, 0.3) is 0 Å². The Morgan fingerprint density at radius 1 is 1.08 bits per heavy atom. The molecule has 4 nitrogen and oxygen atoms in total. The van der Waals surface area contributed by atoms with Gasteiger partial charge in [-0.3, -0.25) is 0 Å². The number of rotatable bonds is 10. The zero-order valence-electron chi connectivity index (χ0n) is 8.42. The van der Waals surface area contributed by atoms with Crippen molar-refractivity contribution < 1.29 is 14.6 Å². The van der Waals surface area contributed by atoms with Gasteiger partial charge >= 0.3 is 0 Å². The maximum Gasteiger partial charge on any atom is 0.0700 e. The fourth-order valence-electron chi connectivity index (χ4n) is 0.873. The lowest BCUT2D eigenvalue weighted by Crippen LogP contribution is -2.19. The van der Waals surface area contributed by atoms with Gasteiger partial charge < -0.3 is 19.9 Å². The molecule has 0 aromatic heterocycles. The Hall–Kier alpha value is -0.160. The maximum atomic E-state index is 8.49. The van der Waals surface area contributed by atoms with Gasteiger partial charge in [0.25, 0.3) is 0 Å². The average Bonchev–Trinajstić information content (AvgIpc) is 2.16. The van der Waals surface area contributed by atoms with E-state index in [1.807, 2.05) is 0 Å². The minimum atomic E-state index is 0.261. The highest BCUT2D eigenvalue weighted by Crippen LogP contribution is 1.82. The fraction of sp³-hybridized carbons (Fsp3) is 1.00. The van der Waals surface area contributed by atoms with Gasteiger partial charge in [0.15, 0.2) is 0 Å². The largest absolute Gasteiger partial charge is 0.396 e. The Bertz CT molecular complexity index is 80.9. The number of methoxy groups -OCH3 is 1. The van der Waals surface area contributed by atoms with Gasteiger partial charge in [0.1, 0.15) is 0 Å². The van der Waals surface area contributed by atoms with Crippen molar-refractivity contribution in [2.75, 3.05) is 46.6 Å². The molecule has 0 saturated heterocycles. The topological polar surface area (TPSA) is 50.7 Å². The molecule has 0 saturated carbocycles. The third-order valence-corrected chi connectivity index (χ3v) is 1.59. The fourth-order valence-corrected chi connectivity index (χ4v) is 0.873. The summed E-state index contributed by atoms with van der Waals surface area (Å²) in [6, 6.07) is 0. The predicted molar refractivity (Wildman–Crippen MR) is 51.9 cm³/mol. The molecule has 80 valence electrons. The molecular formula is C9H21NO3. The maximum absolute atomic E-state index is 8.49. The summed E-state index contributed by atoms with van der Waals surface area (Å²) < 4.78 is 10.1. The van der Waals surface area contributed by atoms with Gasteiger partial charge in [-0.2, -0.15) is 0 Å². The van der Waals surface area contributed by atoms with Crippen molar-refractivity contribution >= 4 is 0 Å². The first kappa shape index (κ1) is 12.8. The molecule has 0 bridgehead atoms. The first-order valence-corrected chi connectivity index (χ1v) is 4.80. The van der Waals surface area contributed by atoms with Gasteiger partial charge in [-0.15, -0.1) is 0 Å². The second-order valence-electron chi connectivity index (χ2n) is 2.79. The second kappa shape index (κ2) is 11.8. The van der Waals surface area contributed by atoms with E-state index in [9.17, 15) is 0 Å². The molecule has 0 unspecified atom stereocenters. The van der Waals surface area contributed by atoms with E-state index in [4.69, 9.17) is 14.6 Å². The number of hydrogen-bond acceptors (Lipinski definition) is 4. The monoisotopic (exact) mass is 191 g/mol. The third-order valence-electron chi connectivity index (χ3n) is 1.59. The number of aliphatic hydroxyl groups is 1. The molecule has 2 N–H and O–H groups in total. The molecule has 0 rings (SSSR count). The van der Waals surface area contributed by atoms with Crippen molar-refractivity contribution in [2.45, 2.75) is 12.8 Å². The Morgan fingerprint density at radius 3 is 2.54 bits per heavy atom. The SMILES string of the molecule is COCCOCCCNCCCO. The van der Waals surface area contributed by atoms with Gasteiger partial charge in [0.05, 0.1) is 13.2 Å². The molecule has 0 aliphatic carbocycles. The van der Waals surface area contributed by atoms with Crippen LogP contribution in [0.2, 0.25) is 0 Å². The highest BCUT2D eigenvalue weighted by atomic mass is 16.5. The van der Waals surface area contributed by atoms with E-state index in [0.29, 0.717) is 13.2 Å². The van der Waals surface area contributed by atoms with Crippen LogP contribution in [0.4, 0.5) is 0 Å². The Labute approximate surface area is 80.2 Å². The molecule has 0 atom stereocenters. The summed E-state index contributed by atoms with van der Waals surface area (Å²) in [6.07, 6.45) is 1.83. The molecule has 0 aliphatic rings. The van der Waals surface area contributed by atoms with Crippen LogP contribution < -0.4 is 5.32 Å². The Morgan fingerprint density at radius 2 is 1.85 bits per heavy atom. The molecule has 4 heteroatoms. The van der Waals surface area contributed by atoms with Gasteiger partial charge in [-0.25, -0.2) is 0 Å². The van der Waals surface area contributed by atoms with Crippen LogP contribution in [0.3, 0.4) is 0 Å². The summed E-state index contributed by atoms with van der Waals surface area (Å²) in [5.74, 6) is 0. The van der Waals surface area contributed by atoms with Crippen LogP contribution >= 0.6 is 0 Å². The molecule has 0 aliphatic heterocycles. The van der Waals surface area contributed by atoms with Crippen molar-refractivity contribution in [1.82, 2.24) is 5.32 Å². The molecule has 0 spiro atoms. The molecule has 0 aromatic carbocycles. The summed E-state index contributed by atoms with van der Waals surface area (Å²) in [4.78, 5) is 0. The minimum Gasteiger partial charge on any atom is -0.396 e. The molecule has 0 radical (unpaired) electrons. The molecule has 0 heterocycles. The van der Waals surface area contributed by atoms with Gasteiger partial charge in [-0.1, -0.05) is 0 Å². The van der Waals surface area contributed by atoms with Crippen LogP contribution in [0.5, 0.6) is 0 Å². The lowest BCUT2D eigenvalue weighted by molar-refractivity contribution is 0.0695. The quantitative estimate of drug-likeness (QED) is 0.478. The summed E-state index contributed by atoms with van der Waals surface area (Å²) in [6.45, 7) is 4.21. The summed E-state index contributed by atoms with van der Waals surface area (Å²) in [7, 11) is 1.67. The Kier molecular flexibility index (Phi) is 11.7. The molecular weight excluding hydrogens is 170 g/mol. The minimum absolute atomic E-state index is 0.261. The summed E-state index contributed by atoms with van der Waals surface area (Å²) in [5.41, 5.74) is 0. The first-order chi connectivity index (χ1) is 6.41. The van der Waals surface area contributed by atoms with Crippen molar-refractivity contribution in [3.8, 4) is 0 Å². The van der Waals surface area contributed by atoms with Gasteiger partial charge in [0, 0.05) is 20.3 Å². The van der Waals surface area contributed by atoms with E-state index in [-0.39, 0.29) is 6.61 Å². The molecule has 0 fully saturated rings. The van der Waals surface area contributed by atoms with E-state index < -0.39 is 0 Å². The number of nitrogens with one attached hydrogen (secondary N) is 1. The number of ether oxygens (including phenoxy) is 2. The van der Waals surface area contributed by atoms with Crippen molar-refractivity contribution in [2.24, 2.45) is 0 Å². The second-order valence-corrected chi connectivity index (χ2v) is 2.79. The normalized spacial score (nSPS) is 10.6. The average molecular weight is 191 g/mol. The number of hydrogen-bond donors (Lipinski definition) is 2. The van der Waals surface area contributed by atoms with E-state index >= 15 is 0 Å². The molecule has 13 heavy (non-hydrogen) atoms. The van der Waals surface area contributed by atoms with Crippen molar-refractivity contribution in [3.05, 3.63) is 0 Å². The smallest absolute Gasteiger partial charge is 0.0700 e. The number of aliphatic hydroxyl groups excluding tert-OH is 1. The first-order valence-electron chi connectivity index (χ1n) is 4.80. The van der Waals surface area contributed by atoms with Gasteiger partial charge in [-0.05, 0) is 25.9 Å². The van der Waals surface area contributed by atoms with Crippen LogP contribution in [-0.4, -0.2) is 51.7 Å². The zero-order chi connectivity index (χ0) is 9.78. The van der Waals surface area contributed by atoms with E-state index in [1.54, 1.807) is 7.11 Å². The third kappa shape index (κ3) is 11.8.